The Hall–Kier alpha value is -0.360. The molecule has 0 aromatic carbocycles. The van der Waals surface area contributed by atoms with E-state index in [1.165, 1.54) is 0 Å². The van der Waals surface area contributed by atoms with Crippen LogP contribution >= 0.6 is 0 Å². The van der Waals surface area contributed by atoms with Crippen LogP contribution in [0.4, 0.5) is 17.6 Å². The van der Waals surface area contributed by atoms with E-state index in [1.54, 1.807) is 4.90 Å². The molecule has 2 rings (SSSR count). The standard InChI is InChI=1S/C15H26F4N2/c1-11(2)21-10-14(16,17)5-4-13(21)8-12(3)20-7-6-15(18,19)9-20/h11-13H,4-10H2,1-3H3. The summed E-state index contributed by atoms with van der Waals surface area (Å²) in [7, 11) is 0. The Morgan fingerprint density at radius 1 is 1.00 bits per heavy atom. The third-order valence-electron chi connectivity index (χ3n) is 4.83. The minimum Gasteiger partial charge on any atom is -0.294 e. The Morgan fingerprint density at radius 2 is 1.62 bits per heavy atom. The van der Waals surface area contributed by atoms with Gasteiger partial charge in [0.2, 0.25) is 0 Å². The topological polar surface area (TPSA) is 6.48 Å². The van der Waals surface area contributed by atoms with E-state index in [2.05, 4.69) is 0 Å². The average Bonchev–Trinajstić information content (AvgIpc) is 2.71. The van der Waals surface area contributed by atoms with Crippen LogP contribution in [0.1, 0.15) is 46.5 Å². The van der Waals surface area contributed by atoms with Gasteiger partial charge in [-0.2, -0.15) is 0 Å². The smallest absolute Gasteiger partial charge is 0.261 e. The predicted octanol–water partition coefficient (Wildman–Crippen LogP) is 3.61. The largest absolute Gasteiger partial charge is 0.294 e. The predicted molar refractivity (Wildman–Crippen MR) is 75.0 cm³/mol. The Morgan fingerprint density at radius 3 is 2.14 bits per heavy atom. The first-order chi connectivity index (χ1) is 9.60. The second-order valence-electron chi connectivity index (χ2n) is 6.98. The van der Waals surface area contributed by atoms with Gasteiger partial charge >= 0.3 is 0 Å². The fraction of sp³-hybridized carbons (Fsp3) is 1.00. The molecule has 2 atom stereocenters. The molecule has 6 heteroatoms. The molecule has 2 aliphatic heterocycles. The van der Waals surface area contributed by atoms with Crippen LogP contribution in [-0.2, 0) is 0 Å². The Kier molecular flexibility index (Phi) is 4.88. The van der Waals surface area contributed by atoms with Crippen molar-refractivity contribution >= 4 is 0 Å². The number of piperidine rings is 1. The zero-order valence-corrected chi connectivity index (χ0v) is 13.1. The molecule has 2 aliphatic rings. The summed E-state index contributed by atoms with van der Waals surface area (Å²) in [5.41, 5.74) is 0. The number of halogens is 4. The summed E-state index contributed by atoms with van der Waals surface area (Å²) >= 11 is 0. The van der Waals surface area contributed by atoms with Gasteiger partial charge in [0, 0.05) is 37.5 Å². The van der Waals surface area contributed by atoms with Crippen molar-refractivity contribution in [1.29, 1.82) is 0 Å². The van der Waals surface area contributed by atoms with Crippen LogP contribution in [0.25, 0.3) is 0 Å². The van der Waals surface area contributed by atoms with Crippen LogP contribution in [0.5, 0.6) is 0 Å². The molecule has 0 aliphatic carbocycles. The maximum atomic E-state index is 13.6. The zero-order valence-electron chi connectivity index (χ0n) is 13.1. The molecule has 2 nitrogen and oxygen atoms in total. The van der Waals surface area contributed by atoms with E-state index < -0.39 is 11.8 Å². The molecule has 124 valence electrons. The highest BCUT2D eigenvalue weighted by molar-refractivity contribution is 4.91. The van der Waals surface area contributed by atoms with Gasteiger partial charge < -0.3 is 0 Å². The summed E-state index contributed by atoms with van der Waals surface area (Å²) in [6.07, 6.45) is 0.946. The summed E-state index contributed by atoms with van der Waals surface area (Å²) in [4.78, 5) is 3.64. The van der Waals surface area contributed by atoms with Crippen molar-refractivity contribution in [2.45, 2.75) is 76.4 Å². The van der Waals surface area contributed by atoms with Crippen molar-refractivity contribution in [1.82, 2.24) is 9.80 Å². The molecule has 2 fully saturated rings. The van der Waals surface area contributed by atoms with Gasteiger partial charge in [-0.25, -0.2) is 17.6 Å². The number of likely N-dealkylation sites (tertiary alicyclic amines) is 2. The summed E-state index contributed by atoms with van der Waals surface area (Å²) < 4.78 is 53.7. The minimum atomic E-state index is -2.62. The van der Waals surface area contributed by atoms with Crippen LogP contribution < -0.4 is 0 Å². The van der Waals surface area contributed by atoms with E-state index in [1.807, 2.05) is 25.7 Å². The van der Waals surface area contributed by atoms with E-state index >= 15 is 0 Å². The molecule has 2 heterocycles. The lowest BCUT2D eigenvalue weighted by molar-refractivity contribution is -0.0958. The molecule has 0 amide bonds. The molecule has 0 radical (unpaired) electrons. The summed E-state index contributed by atoms with van der Waals surface area (Å²) in [5.74, 6) is -5.21. The molecule has 0 N–H and O–H groups in total. The first-order valence-electron chi connectivity index (χ1n) is 7.85. The van der Waals surface area contributed by atoms with Gasteiger partial charge in [-0.1, -0.05) is 0 Å². The van der Waals surface area contributed by atoms with Crippen molar-refractivity contribution in [2.75, 3.05) is 19.6 Å². The Labute approximate surface area is 124 Å². The molecular weight excluding hydrogens is 284 g/mol. The van der Waals surface area contributed by atoms with Gasteiger partial charge in [-0.15, -0.1) is 0 Å². The van der Waals surface area contributed by atoms with Crippen LogP contribution in [0.3, 0.4) is 0 Å². The van der Waals surface area contributed by atoms with Gasteiger partial charge in [0.15, 0.2) is 0 Å². The van der Waals surface area contributed by atoms with Crippen LogP contribution in [-0.4, -0.2) is 59.4 Å². The highest BCUT2D eigenvalue weighted by Crippen LogP contribution is 2.35. The first kappa shape index (κ1) is 17.0. The maximum Gasteiger partial charge on any atom is 0.261 e. The van der Waals surface area contributed by atoms with E-state index in [9.17, 15) is 17.6 Å². The number of hydrogen-bond donors (Lipinski definition) is 0. The molecule has 0 aromatic rings. The molecule has 0 spiro atoms. The number of alkyl halides is 4. The van der Waals surface area contributed by atoms with E-state index in [4.69, 9.17) is 0 Å². The highest BCUT2D eigenvalue weighted by Gasteiger charge is 2.43. The van der Waals surface area contributed by atoms with Crippen LogP contribution in [0.15, 0.2) is 0 Å². The molecular formula is C15H26F4N2. The van der Waals surface area contributed by atoms with Gasteiger partial charge in [-0.3, -0.25) is 9.80 Å². The Balaban J connectivity index is 1.94. The number of nitrogens with zero attached hydrogens (tertiary/aromatic N) is 2. The van der Waals surface area contributed by atoms with Crippen molar-refractivity contribution < 1.29 is 17.6 Å². The lowest BCUT2D eigenvalue weighted by Crippen LogP contribution is -2.53. The van der Waals surface area contributed by atoms with Crippen molar-refractivity contribution in [3.63, 3.8) is 0 Å². The second-order valence-corrected chi connectivity index (χ2v) is 6.98. The fourth-order valence-corrected chi connectivity index (χ4v) is 3.56. The molecule has 21 heavy (non-hydrogen) atoms. The second kappa shape index (κ2) is 6.03. The highest BCUT2D eigenvalue weighted by atomic mass is 19.3. The summed E-state index contributed by atoms with van der Waals surface area (Å²) in [5, 5.41) is 0. The quantitative estimate of drug-likeness (QED) is 0.732. The van der Waals surface area contributed by atoms with Gasteiger partial charge in [0.25, 0.3) is 11.8 Å². The minimum absolute atomic E-state index is 0.0105. The monoisotopic (exact) mass is 310 g/mol. The third kappa shape index (κ3) is 4.31. The van der Waals surface area contributed by atoms with E-state index in [-0.39, 0.29) is 44.1 Å². The number of hydrogen-bond acceptors (Lipinski definition) is 2. The normalized spacial score (nSPS) is 31.7. The van der Waals surface area contributed by atoms with Crippen molar-refractivity contribution in [3.05, 3.63) is 0 Å². The molecule has 0 aromatic heterocycles. The summed E-state index contributed by atoms with van der Waals surface area (Å²) in [6.45, 7) is 5.77. The molecule has 0 saturated carbocycles. The number of rotatable bonds is 4. The maximum absolute atomic E-state index is 13.6. The van der Waals surface area contributed by atoms with Gasteiger partial charge in [0.05, 0.1) is 13.1 Å². The Bertz CT molecular complexity index is 360. The third-order valence-corrected chi connectivity index (χ3v) is 4.83. The molecule has 0 bridgehead atoms. The zero-order chi connectivity index (χ0) is 15.8. The summed E-state index contributed by atoms with van der Waals surface area (Å²) in [6, 6.07) is 0.124. The average molecular weight is 310 g/mol. The molecule has 2 unspecified atom stereocenters. The van der Waals surface area contributed by atoms with Gasteiger partial charge in [0.1, 0.15) is 0 Å². The lowest BCUT2D eigenvalue weighted by Gasteiger charge is -2.43. The van der Waals surface area contributed by atoms with E-state index in [0.29, 0.717) is 19.4 Å². The lowest BCUT2D eigenvalue weighted by atomic mass is 9.92. The van der Waals surface area contributed by atoms with Crippen LogP contribution in [0.2, 0.25) is 0 Å². The van der Waals surface area contributed by atoms with E-state index in [0.717, 1.165) is 0 Å². The fourth-order valence-electron chi connectivity index (χ4n) is 3.56. The van der Waals surface area contributed by atoms with Gasteiger partial charge in [-0.05, 0) is 33.6 Å². The SMILES string of the molecule is CC(CC1CCC(F)(F)CN1C(C)C)N1CCC(F)(F)C1. The van der Waals surface area contributed by atoms with Crippen LogP contribution in [0, 0.1) is 0 Å². The first-order valence-corrected chi connectivity index (χ1v) is 7.85. The van der Waals surface area contributed by atoms with Crippen molar-refractivity contribution in [2.24, 2.45) is 0 Å². The van der Waals surface area contributed by atoms with Crippen molar-refractivity contribution in [3.8, 4) is 0 Å². The molecule has 2 saturated heterocycles.